The highest BCUT2D eigenvalue weighted by molar-refractivity contribution is 7.91. The fourth-order valence-corrected chi connectivity index (χ4v) is 6.85. The zero-order valence-electron chi connectivity index (χ0n) is 26.2. The molecule has 5 atom stereocenters. The lowest BCUT2D eigenvalue weighted by Gasteiger charge is -2.27. The summed E-state index contributed by atoms with van der Waals surface area (Å²) in [6.07, 6.45) is -4.38. The molecule has 0 radical (unpaired) electrons. The van der Waals surface area contributed by atoms with Gasteiger partial charge in [0, 0.05) is 23.7 Å². The van der Waals surface area contributed by atoms with E-state index >= 15 is 0 Å². The quantitative estimate of drug-likeness (QED) is 0.108. The number of halogens is 2. The highest BCUT2D eigenvalue weighted by Gasteiger charge is 2.46. The summed E-state index contributed by atoms with van der Waals surface area (Å²) in [6, 6.07) is 10.4. The van der Waals surface area contributed by atoms with E-state index in [4.69, 9.17) is 55.7 Å². The average molecular weight is 741 g/mol. The molecule has 0 bridgehead atoms. The van der Waals surface area contributed by atoms with Gasteiger partial charge >= 0.3 is 25.3 Å². The van der Waals surface area contributed by atoms with E-state index in [-0.39, 0.29) is 30.5 Å². The van der Waals surface area contributed by atoms with Gasteiger partial charge in [0.2, 0.25) is 0 Å². The van der Waals surface area contributed by atoms with Crippen molar-refractivity contribution < 1.29 is 59.9 Å². The van der Waals surface area contributed by atoms with Crippen LogP contribution in [0.4, 0.5) is 9.59 Å². The van der Waals surface area contributed by atoms with Crippen LogP contribution in [0.3, 0.4) is 0 Å². The summed E-state index contributed by atoms with van der Waals surface area (Å²) >= 11 is 11.0. The molecule has 1 amide bonds. The second-order valence-electron chi connectivity index (χ2n) is 11.4. The Morgan fingerprint density at radius 1 is 1.06 bits per heavy atom. The molecule has 14 nitrogen and oxygen atoms in total. The summed E-state index contributed by atoms with van der Waals surface area (Å²) in [6.45, 7) is 5.75. The number of alkyl carbamates (subject to hydrolysis) is 1. The largest absolute Gasteiger partial charge is 0.530 e. The maximum atomic E-state index is 13.6. The van der Waals surface area contributed by atoms with Crippen LogP contribution in [-0.2, 0) is 53.8 Å². The lowest BCUT2D eigenvalue weighted by Crippen LogP contribution is -2.47. The molecule has 260 valence electrons. The van der Waals surface area contributed by atoms with Crippen LogP contribution in [0.15, 0.2) is 53.4 Å². The maximum absolute atomic E-state index is 13.6. The van der Waals surface area contributed by atoms with Crippen LogP contribution in [0.2, 0.25) is 5.02 Å². The van der Waals surface area contributed by atoms with Crippen LogP contribution in [0.1, 0.15) is 33.3 Å². The molecule has 0 spiro atoms. The van der Waals surface area contributed by atoms with Crippen LogP contribution in [-0.4, -0.2) is 76.3 Å². The third-order valence-corrected chi connectivity index (χ3v) is 10.1. The number of esters is 1. The topological polar surface area (TPSA) is 179 Å². The number of hydrogen-bond donors (Lipinski definition) is 1. The molecule has 3 unspecified atom stereocenters. The Bertz CT molecular complexity index is 1550. The van der Waals surface area contributed by atoms with Crippen molar-refractivity contribution in [3.8, 4) is 5.75 Å². The molecule has 1 aliphatic rings. The number of amides is 1. The van der Waals surface area contributed by atoms with Gasteiger partial charge in [0.25, 0.3) is 0 Å². The van der Waals surface area contributed by atoms with Gasteiger partial charge in [0.1, 0.15) is 37.3 Å². The van der Waals surface area contributed by atoms with E-state index in [1.165, 1.54) is 55.5 Å². The highest BCUT2D eigenvalue weighted by atomic mass is 35.5. The maximum Gasteiger partial charge on any atom is 0.530 e. The number of rotatable bonds is 14. The number of hydrogen-bond acceptors (Lipinski definition) is 13. The monoisotopic (exact) mass is 739 g/mol. The lowest BCUT2D eigenvalue weighted by atomic mass is 9.97. The second-order valence-corrected chi connectivity index (χ2v) is 15.8. The molecule has 47 heavy (non-hydrogen) atoms. The van der Waals surface area contributed by atoms with Gasteiger partial charge in [0.05, 0.1) is 28.7 Å². The van der Waals surface area contributed by atoms with Crippen molar-refractivity contribution in [1.82, 2.24) is 5.32 Å². The van der Waals surface area contributed by atoms with Gasteiger partial charge < -0.3 is 28.8 Å². The van der Waals surface area contributed by atoms with Crippen LogP contribution in [0.5, 0.6) is 5.75 Å². The number of phosphoric ester groups is 1. The van der Waals surface area contributed by atoms with Crippen LogP contribution >= 0.6 is 31.0 Å². The highest BCUT2D eigenvalue weighted by Crippen LogP contribution is 2.51. The van der Waals surface area contributed by atoms with Crippen molar-refractivity contribution in [2.75, 3.05) is 26.1 Å². The van der Waals surface area contributed by atoms with Gasteiger partial charge in [-0.15, -0.1) is 0 Å². The van der Waals surface area contributed by atoms with Crippen molar-refractivity contribution in [1.29, 1.82) is 0 Å². The number of phosphoric acid groups is 1. The summed E-state index contributed by atoms with van der Waals surface area (Å²) in [4.78, 5) is 36.2. The summed E-state index contributed by atoms with van der Waals surface area (Å²) in [5, 5.41) is 2.90. The molecule has 3 rings (SSSR count). The van der Waals surface area contributed by atoms with Crippen molar-refractivity contribution in [3.63, 3.8) is 0 Å². The third kappa shape index (κ3) is 11.9. The fraction of sp³-hybridized carbons (Fsp3) is 0.483. The Labute approximate surface area is 282 Å². The fourth-order valence-electron chi connectivity index (χ4n) is 4.07. The minimum Gasteiger partial charge on any atom is -0.462 e. The normalized spacial score (nSPS) is 20.0. The van der Waals surface area contributed by atoms with Gasteiger partial charge in [-0.1, -0.05) is 23.7 Å². The summed E-state index contributed by atoms with van der Waals surface area (Å²) in [5.74, 6) is -1.00. The Balaban J connectivity index is 1.72. The molecule has 1 aliphatic heterocycles. The molecule has 2 aromatic carbocycles. The minimum atomic E-state index is -4.42. The molecule has 1 fully saturated rings. The Morgan fingerprint density at radius 2 is 1.70 bits per heavy atom. The molecular formula is C29H36Cl2NO13PS. The van der Waals surface area contributed by atoms with Crippen LogP contribution in [0.25, 0.3) is 0 Å². The number of carbonyl (C=O) groups excluding carboxylic acids is 3. The zero-order valence-corrected chi connectivity index (χ0v) is 29.4. The van der Waals surface area contributed by atoms with E-state index < -0.39 is 70.7 Å². The second kappa shape index (κ2) is 16.5. The lowest BCUT2D eigenvalue weighted by molar-refractivity contribution is -0.157. The number of carbonyl (C=O) groups is 3. The molecule has 0 aromatic heterocycles. The van der Waals surface area contributed by atoms with Crippen molar-refractivity contribution in [3.05, 3.63) is 59.1 Å². The van der Waals surface area contributed by atoms with Crippen molar-refractivity contribution in [2.24, 2.45) is 5.41 Å². The Hall–Kier alpha value is -2.91. The number of sulfone groups is 1. The van der Waals surface area contributed by atoms with Gasteiger partial charge in [-0.25, -0.2) is 22.6 Å². The molecule has 2 aromatic rings. The number of ether oxygens (including phenoxy) is 4. The molecule has 0 saturated carbocycles. The van der Waals surface area contributed by atoms with Gasteiger partial charge in [-0.2, -0.15) is 0 Å². The van der Waals surface area contributed by atoms with Gasteiger partial charge in [0.15, 0.2) is 9.84 Å². The Kier molecular flexibility index (Phi) is 13.5. The first-order valence-corrected chi connectivity index (χ1v) is 18.0. The first kappa shape index (κ1) is 38.5. The van der Waals surface area contributed by atoms with Gasteiger partial charge in [-0.05, 0) is 69.7 Å². The van der Waals surface area contributed by atoms with Crippen LogP contribution in [0, 0.1) is 5.41 Å². The minimum absolute atomic E-state index is 0.00622. The first-order chi connectivity index (χ1) is 21.9. The number of nitrogens with one attached hydrogen (secondary N) is 1. The molecule has 1 N–H and O–H groups in total. The molecule has 1 saturated heterocycles. The van der Waals surface area contributed by atoms with Crippen molar-refractivity contribution in [2.45, 2.75) is 63.6 Å². The average Bonchev–Trinajstić information content (AvgIpc) is 3.34. The molecule has 1 heterocycles. The zero-order chi connectivity index (χ0) is 35.0. The van der Waals surface area contributed by atoms with E-state index in [1.54, 1.807) is 20.8 Å². The van der Waals surface area contributed by atoms with E-state index in [0.29, 0.717) is 10.6 Å². The predicted octanol–water partition coefficient (Wildman–Crippen LogP) is 5.68. The van der Waals surface area contributed by atoms with Gasteiger partial charge in [-0.3, -0.25) is 13.8 Å². The first-order valence-electron chi connectivity index (χ1n) is 14.1. The number of benzene rings is 2. The van der Waals surface area contributed by atoms with E-state index in [1.807, 2.05) is 0 Å². The van der Waals surface area contributed by atoms with E-state index in [9.17, 15) is 27.4 Å². The third-order valence-electron chi connectivity index (χ3n) is 6.45. The molecule has 0 aliphatic carbocycles. The van der Waals surface area contributed by atoms with Crippen molar-refractivity contribution >= 4 is 58.4 Å². The van der Waals surface area contributed by atoms with E-state index in [0.717, 1.165) is 7.11 Å². The predicted molar refractivity (Wildman–Crippen MR) is 169 cm³/mol. The smallest absolute Gasteiger partial charge is 0.462 e. The van der Waals surface area contributed by atoms with Crippen LogP contribution < -0.4 is 9.84 Å². The molecule has 18 heteroatoms. The molecular weight excluding hydrogens is 704 g/mol. The SMILES string of the molecule is COP(=O)(Oc1ccc(COC(=O)Cl)cc1)O[C@@H]1C(NC(=O)OC(C)CS(=O)(=O)c2ccc(Cl)cc2)CO[C@@H]1COC(=O)C(C)(C)C. The standard InChI is InChI=1S/C29H36Cl2NO13PS/c1-18(17-47(37,38)22-12-8-20(30)9-13-22)43-28(35)32-23-15-40-24(16-41-26(33)29(2,3)4)25(23)45-46(36,39-5)44-21-10-6-19(7-11-21)14-42-27(31)34/h6-13,18,23-25H,14-17H2,1-5H3,(H,32,35)/t18?,23?,24-,25-,46?/m1/s1. The summed E-state index contributed by atoms with van der Waals surface area (Å²) < 4.78 is 76.7. The Morgan fingerprint density at radius 3 is 2.28 bits per heavy atom. The summed E-state index contributed by atoms with van der Waals surface area (Å²) in [5.41, 5.74) is -1.26. The summed E-state index contributed by atoms with van der Waals surface area (Å²) in [7, 11) is -7.16. The van der Waals surface area contributed by atoms with E-state index in [2.05, 4.69) is 5.32 Å².